The van der Waals surface area contributed by atoms with Crippen LogP contribution in [0.5, 0.6) is 0 Å². The minimum atomic E-state index is 0.956. The van der Waals surface area contributed by atoms with E-state index in [1.165, 1.54) is 44.3 Å². The molecule has 0 radical (unpaired) electrons. The molecule has 146 valence electrons. The van der Waals surface area contributed by atoms with E-state index in [2.05, 4.69) is 108 Å². The van der Waals surface area contributed by atoms with E-state index in [0.29, 0.717) is 0 Å². The second-order valence-electron chi connectivity index (χ2n) is 8.24. The Labute approximate surface area is 174 Å². The van der Waals surface area contributed by atoms with Gasteiger partial charge in [-0.2, -0.15) is 9.38 Å². The van der Waals surface area contributed by atoms with Crippen molar-refractivity contribution in [1.82, 2.24) is 14.0 Å². The summed E-state index contributed by atoms with van der Waals surface area (Å²) in [5.74, 6) is 0.956. The van der Waals surface area contributed by atoms with Crippen molar-refractivity contribution in [2.75, 3.05) is 0 Å². The van der Waals surface area contributed by atoms with E-state index in [-0.39, 0.29) is 0 Å². The Morgan fingerprint density at radius 3 is 2.30 bits per heavy atom. The molecule has 0 aliphatic heterocycles. The lowest BCUT2D eigenvalue weighted by Gasteiger charge is -2.11. The number of fused-ring (bicyclic) bond motifs is 6. The predicted octanol–water partition coefficient (Wildman–Crippen LogP) is 5.33. The van der Waals surface area contributed by atoms with E-state index in [4.69, 9.17) is 4.98 Å². The highest BCUT2D eigenvalue weighted by molar-refractivity contribution is 5.94. The standard InChI is InChI=1S/C26H23N4/c1-16-9-7-10-17(2)23(16)29-22-15-19-12-5-6-14-21(19)28(4)25(22)30-24-18(3)11-8-13-20(24)27-26(29)30/h5-15H,1-4H3/q+1. The SMILES string of the molecule is Cc1cccc(C)c1-n1c2cc3ccccc3[n+](C)c2n2c3c(C)cccc3nc12. The minimum Gasteiger partial charge on any atom is -0.252 e. The molecule has 0 N–H and O–H groups in total. The van der Waals surface area contributed by atoms with Crippen LogP contribution in [0.2, 0.25) is 0 Å². The number of aromatic nitrogens is 4. The molecule has 0 bridgehead atoms. The average molecular weight is 391 g/mol. The lowest BCUT2D eigenvalue weighted by Crippen LogP contribution is -2.31. The molecule has 0 saturated carbocycles. The van der Waals surface area contributed by atoms with Crippen LogP contribution in [0.4, 0.5) is 0 Å². The summed E-state index contributed by atoms with van der Waals surface area (Å²) in [6, 6.07) is 23.7. The number of aryl methyl sites for hydroxylation is 4. The van der Waals surface area contributed by atoms with Gasteiger partial charge in [0.1, 0.15) is 16.6 Å². The fourth-order valence-corrected chi connectivity index (χ4v) is 4.96. The number of nitrogens with zero attached hydrogens (tertiary/aromatic N) is 4. The summed E-state index contributed by atoms with van der Waals surface area (Å²) in [5.41, 5.74) is 10.7. The Balaban J connectivity index is 1.97. The number of hydrogen-bond donors (Lipinski definition) is 0. The zero-order valence-electron chi connectivity index (χ0n) is 17.6. The number of benzene rings is 3. The molecule has 0 fully saturated rings. The number of imidazole rings is 2. The maximum Gasteiger partial charge on any atom is 0.314 e. The smallest absolute Gasteiger partial charge is 0.252 e. The van der Waals surface area contributed by atoms with Gasteiger partial charge in [-0.3, -0.25) is 4.57 Å². The fraction of sp³-hybridized carbons (Fsp3) is 0.154. The van der Waals surface area contributed by atoms with E-state index in [1.54, 1.807) is 0 Å². The van der Waals surface area contributed by atoms with Crippen molar-refractivity contribution < 1.29 is 4.57 Å². The van der Waals surface area contributed by atoms with E-state index < -0.39 is 0 Å². The van der Waals surface area contributed by atoms with Gasteiger partial charge in [0, 0.05) is 5.39 Å². The number of pyridine rings is 1. The highest BCUT2D eigenvalue weighted by Crippen LogP contribution is 2.32. The first-order chi connectivity index (χ1) is 14.6. The lowest BCUT2D eigenvalue weighted by molar-refractivity contribution is -0.619. The molecule has 4 heteroatoms. The zero-order valence-corrected chi connectivity index (χ0v) is 17.6. The van der Waals surface area contributed by atoms with Crippen LogP contribution in [0.25, 0.3) is 44.6 Å². The Bertz CT molecular complexity index is 1610. The summed E-state index contributed by atoms with van der Waals surface area (Å²) < 4.78 is 6.97. The van der Waals surface area contributed by atoms with Crippen LogP contribution < -0.4 is 4.57 Å². The first kappa shape index (κ1) is 17.2. The second-order valence-corrected chi connectivity index (χ2v) is 8.24. The summed E-state index contributed by atoms with van der Waals surface area (Å²) >= 11 is 0. The van der Waals surface area contributed by atoms with E-state index in [1.807, 2.05) is 0 Å². The molecule has 3 heterocycles. The molecular weight excluding hydrogens is 368 g/mol. The van der Waals surface area contributed by atoms with Crippen LogP contribution in [0.15, 0.2) is 66.7 Å². The van der Waals surface area contributed by atoms with Crippen LogP contribution >= 0.6 is 0 Å². The third kappa shape index (κ3) is 2.11. The predicted molar refractivity (Wildman–Crippen MR) is 122 cm³/mol. The highest BCUT2D eigenvalue weighted by Gasteiger charge is 2.28. The first-order valence-corrected chi connectivity index (χ1v) is 10.3. The third-order valence-corrected chi connectivity index (χ3v) is 6.31. The summed E-state index contributed by atoms with van der Waals surface area (Å²) in [4.78, 5) is 5.12. The average Bonchev–Trinajstić information content (AvgIpc) is 3.24. The molecular formula is C26H23N4+. The van der Waals surface area contributed by atoms with Gasteiger partial charge in [0.15, 0.2) is 5.52 Å². The Kier molecular flexibility index (Phi) is 3.40. The molecule has 0 aliphatic carbocycles. The van der Waals surface area contributed by atoms with Crippen LogP contribution in [0.1, 0.15) is 16.7 Å². The van der Waals surface area contributed by atoms with Crippen LogP contribution in [0, 0.1) is 20.8 Å². The van der Waals surface area contributed by atoms with Crippen molar-refractivity contribution in [3.63, 3.8) is 0 Å². The minimum absolute atomic E-state index is 0.956. The monoisotopic (exact) mass is 391 g/mol. The lowest BCUT2D eigenvalue weighted by atomic mass is 10.1. The molecule has 6 rings (SSSR count). The maximum atomic E-state index is 5.12. The molecule has 3 aromatic carbocycles. The topological polar surface area (TPSA) is 26.1 Å². The van der Waals surface area contributed by atoms with Gasteiger partial charge in [-0.15, -0.1) is 0 Å². The number of rotatable bonds is 1. The van der Waals surface area contributed by atoms with E-state index in [0.717, 1.165) is 16.9 Å². The van der Waals surface area contributed by atoms with Crippen LogP contribution in [-0.4, -0.2) is 14.0 Å². The van der Waals surface area contributed by atoms with Crippen molar-refractivity contribution in [3.8, 4) is 5.69 Å². The summed E-state index contributed by atoms with van der Waals surface area (Å²) in [7, 11) is 2.16. The molecule has 30 heavy (non-hydrogen) atoms. The van der Waals surface area contributed by atoms with E-state index >= 15 is 0 Å². The summed E-state index contributed by atoms with van der Waals surface area (Å²) in [6.45, 7) is 6.53. The van der Waals surface area contributed by atoms with Gasteiger partial charge in [-0.1, -0.05) is 48.5 Å². The molecule has 0 aliphatic rings. The van der Waals surface area contributed by atoms with Gasteiger partial charge in [0.2, 0.25) is 0 Å². The first-order valence-electron chi connectivity index (χ1n) is 10.3. The van der Waals surface area contributed by atoms with Crippen molar-refractivity contribution in [2.45, 2.75) is 20.8 Å². The van der Waals surface area contributed by atoms with E-state index in [9.17, 15) is 0 Å². The maximum absolute atomic E-state index is 5.12. The van der Waals surface area contributed by atoms with Gasteiger partial charge in [-0.05, 0) is 55.7 Å². The van der Waals surface area contributed by atoms with Crippen molar-refractivity contribution in [2.24, 2.45) is 7.05 Å². The molecule has 4 nitrogen and oxygen atoms in total. The number of hydrogen-bond acceptors (Lipinski definition) is 1. The Morgan fingerprint density at radius 1 is 0.800 bits per heavy atom. The van der Waals surface area contributed by atoms with Gasteiger partial charge >= 0.3 is 11.4 Å². The molecule has 6 aromatic rings. The molecule has 0 spiro atoms. The highest BCUT2D eigenvalue weighted by atomic mass is 15.3. The second kappa shape index (κ2) is 5.92. The molecule has 0 atom stereocenters. The fourth-order valence-electron chi connectivity index (χ4n) is 4.96. The van der Waals surface area contributed by atoms with Crippen LogP contribution in [-0.2, 0) is 7.05 Å². The van der Waals surface area contributed by atoms with Crippen molar-refractivity contribution >= 4 is 38.9 Å². The normalized spacial score (nSPS) is 12.0. The van der Waals surface area contributed by atoms with Gasteiger partial charge in [0.05, 0.1) is 12.7 Å². The number of para-hydroxylation sites is 3. The van der Waals surface area contributed by atoms with Crippen molar-refractivity contribution in [3.05, 3.63) is 83.4 Å². The molecule has 0 saturated heterocycles. The van der Waals surface area contributed by atoms with Crippen LogP contribution in [0.3, 0.4) is 0 Å². The largest absolute Gasteiger partial charge is 0.314 e. The molecule has 0 unspecified atom stereocenters. The molecule has 0 amide bonds. The van der Waals surface area contributed by atoms with Crippen molar-refractivity contribution in [1.29, 1.82) is 0 Å². The van der Waals surface area contributed by atoms with Gasteiger partial charge in [0.25, 0.3) is 0 Å². The third-order valence-electron chi connectivity index (χ3n) is 6.31. The summed E-state index contributed by atoms with van der Waals surface area (Å²) in [6.07, 6.45) is 0. The summed E-state index contributed by atoms with van der Waals surface area (Å²) in [5, 5.41) is 1.22. The quantitative estimate of drug-likeness (QED) is 0.348. The Morgan fingerprint density at radius 2 is 1.50 bits per heavy atom. The zero-order chi connectivity index (χ0) is 20.6. The Hall–Kier alpha value is -3.66. The van der Waals surface area contributed by atoms with Gasteiger partial charge in [-0.25, -0.2) is 4.57 Å². The van der Waals surface area contributed by atoms with Gasteiger partial charge < -0.3 is 0 Å². The molecule has 3 aromatic heterocycles.